The van der Waals surface area contributed by atoms with Crippen LogP contribution in [0.3, 0.4) is 0 Å². The van der Waals surface area contributed by atoms with Crippen LogP contribution in [0.5, 0.6) is 0 Å². The van der Waals surface area contributed by atoms with Gasteiger partial charge in [-0.05, 0) is 24.3 Å². The molecule has 76 valence electrons. The largest absolute Gasteiger partial charge is 0.477 e. The van der Waals surface area contributed by atoms with Crippen molar-refractivity contribution in [1.82, 2.24) is 0 Å². The van der Waals surface area contributed by atoms with Gasteiger partial charge in [0, 0.05) is 9.86 Å². The van der Waals surface area contributed by atoms with E-state index in [1.165, 1.54) is 6.07 Å². The van der Waals surface area contributed by atoms with Gasteiger partial charge < -0.3 is 9.52 Å². The molecule has 0 unspecified atom stereocenters. The molecule has 5 heteroatoms. The van der Waals surface area contributed by atoms with Crippen LogP contribution >= 0.6 is 15.9 Å². The summed E-state index contributed by atoms with van der Waals surface area (Å²) in [5, 5.41) is 16.8. The highest BCUT2D eigenvalue weighted by atomic mass is 79.9. The van der Waals surface area contributed by atoms with Gasteiger partial charge in [-0.1, -0.05) is 15.9 Å². The maximum atomic E-state index is 10.8. The lowest BCUT2D eigenvalue weighted by Crippen LogP contribution is -2.13. The Labute approximate surface area is 92.8 Å². The van der Waals surface area contributed by atoms with Gasteiger partial charge in [0.25, 0.3) is 0 Å². The third-order valence-corrected chi connectivity index (χ3v) is 2.45. The lowest BCUT2D eigenvalue weighted by atomic mass is 10.2. The maximum absolute atomic E-state index is 10.8. The predicted molar refractivity (Wildman–Crippen MR) is 56.7 cm³/mol. The van der Waals surface area contributed by atoms with E-state index in [1.807, 2.05) is 0 Å². The van der Waals surface area contributed by atoms with E-state index in [4.69, 9.17) is 14.9 Å². The third-order valence-electron chi connectivity index (χ3n) is 1.96. The number of carboxylic acid groups (broad SMARTS) is 1. The molecular formula is C10H6BrNO3. The van der Waals surface area contributed by atoms with Crippen molar-refractivity contribution in [3.63, 3.8) is 0 Å². The fraction of sp³-hybridized carbons (Fsp3) is 0. The summed E-state index contributed by atoms with van der Waals surface area (Å²) in [6, 6.07) is 6.62. The van der Waals surface area contributed by atoms with Crippen molar-refractivity contribution in [3.05, 3.63) is 39.9 Å². The van der Waals surface area contributed by atoms with Gasteiger partial charge in [0.1, 0.15) is 11.1 Å². The summed E-state index contributed by atoms with van der Waals surface area (Å²) in [5.41, 5.74) is 0.0196. The summed E-state index contributed by atoms with van der Waals surface area (Å²) in [6.45, 7) is 0. The number of benzene rings is 1. The molecule has 0 aliphatic heterocycles. The second-order valence-corrected chi connectivity index (χ2v) is 3.89. The summed E-state index contributed by atoms with van der Waals surface area (Å²) in [5.74, 6) is -1.16. The van der Waals surface area contributed by atoms with Crippen molar-refractivity contribution in [3.8, 4) is 0 Å². The Kier molecular flexibility index (Phi) is 2.32. The molecular weight excluding hydrogens is 262 g/mol. The highest BCUT2D eigenvalue weighted by Gasteiger charge is 2.09. The molecule has 0 aliphatic carbocycles. The average Bonchev–Trinajstić information content (AvgIpc) is 2.17. The summed E-state index contributed by atoms with van der Waals surface area (Å²) in [7, 11) is 0. The number of aromatic carboxylic acids is 1. The Hall–Kier alpha value is -1.62. The van der Waals surface area contributed by atoms with Crippen molar-refractivity contribution >= 4 is 32.9 Å². The van der Waals surface area contributed by atoms with E-state index in [-0.39, 0.29) is 11.1 Å². The van der Waals surface area contributed by atoms with Gasteiger partial charge in [-0.3, -0.25) is 5.41 Å². The number of carbonyl (C=O) groups is 1. The highest BCUT2D eigenvalue weighted by Crippen LogP contribution is 2.19. The van der Waals surface area contributed by atoms with Gasteiger partial charge in [-0.2, -0.15) is 0 Å². The fourth-order valence-electron chi connectivity index (χ4n) is 1.27. The molecule has 15 heavy (non-hydrogen) atoms. The number of halogens is 1. The second kappa shape index (κ2) is 3.51. The molecule has 1 heterocycles. The third kappa shape index (κ3) is 1.78. The summed E-state index contributed by atoms with van der Waals surface area (Å²) >= 11 is 3.28. The molecule has 1 aromatic heterocycles. The number of hydrogen-bond donors (Lipinski definition) is 2. The van der Waals surface area contributed by atoms with Crippen molar-refractivity contribution in [2.75, 3.05) is 0 Å². The van der Waals surface area contributed by atoms with Crippen LogP contribution < -0.4 is 5.55 Å². The quantitative estimate of drug-likeness (QED) is 0.833. The molecule has 0 spiro atoms. The van der Waals surface area contributed by atoms with Gasteiger partial charge in [-0.25, -0.2) is 4.79 Å². The monoisotopic (exact) mass is 267 g/mol. The SMILES string of the molecule is N=c1oc2ccc(Br)cc2cc1C(=O)O. The minimum absolute atomic E-state index is 0.138. The first-order chi connectivity index (χ1) is 7.08. The zero-order valence-electron chi connectivity index (χ0n) is 7.45. The molecule has 4 nitrogen and oxygen atoms in total. The van der Waals surface area contributed by atoms with Crippen LogP contribution in [0.1, 0.15) is 10.4 Å². The first-order valence-electron chi connectivity index (χ1n) is 4.09. The molecule has 0 bridgehead atoms. The fourth-order valence-corrected chi connectivity index (χ4v) is 1.65. The molecule has 0 atom stereocenters. The normalized spacial score (nSPS) is 10.5. The predicted octanol–water partition coefficient (Wildman–Crippen LogP) is 2.37. The van der Waals surface area contributed by atoms with Crippen LogP contribution in [0.2, 0.25) is 0 Å². The van der Waals surface area contributed by atoms with Gasteiger partial charge in [0.05, 0.1) is 0 Å². The van der Waals surface area contributed by atoms with E-state index >= 15 is 0 Å². The number of nitrogens with one attached hydrogen (secondary N) is 1. The molecule has 0 radical (unpaired) electrons. The Morgan fingerprint density at radius 1 is 1.40 bits per heavy atom. The molecule has 0 saturated heterocycles. The number of carboxylic acids is 1. The van der Waals surface area contributed by atoms with Gasteiger partial charge >= 0.3 is 5.97 Å². The van der Waals surface area contributed by atoms with Crippen molar-refractivity contribution in [2.24, 2.45) is 0 Å². The van der Waals surface area contributed by atoms with Crippen LogP contribution in [0.4, 0.5) is 0 Å². The molecule has 1 aromatic carbocycles. The average molecular weight is 268 g/mol. The smallest absolute Gasteiger partial charge is 0.341 e. The maximum Gasteiger partial charge on any atom is 0.341 e. The minimum Gasteiger partial charge on any atom is -0.477 e. The van der Waals surface area contributed by atoms with Gasteiger partial charge in [-0.15, -0.1) is 0 Å². The standard InChI is InChI=1S/C10H6BrNO3/c11-6-1-2-8-5(3-6)4-7(10(13)14)9(12)15-8/h1-4,12H,(H,13,14). The van der Waals surface area contributed by atoms with Crippen molar-refractivity contribution in [2.45, 2.75) is 0 Å². The van der Waals surface area contributed by atoms with E-state index in [9.17, 15) is 4.79 Å². The van der Waals surface area contributed by atoms with Crippen LogP contribution in [-0.4, -0.2) is 11.1 Å². The number of hydrogen-bond acceptors (Lipinski definition) is 3. The van der Waals surface area contributed by atoms with Crippen LogP contribution in [0, 0.1) is 5.41 Å². The highest BCUT2D eigenvalue weighted by molar-refractivity contribution is 9.10. The van der Waals surface area contributed by atoms with E-state index in [1.54, 1.807) is 18.2 Å². The first kappa shape index (κ1) is 9.92. The number of fused-ring (bicyclic) bond motifs is 1. The summed E-state index contributed by atoms with van der Waals surface area (Å²) < 4.78 is 5.91. The van der Waals surface area contributed by atoms with E-state index < -0.39 is 5.97 Å². The lowest BCUT2D eigenvalue weighted by Gasteiger charge is -1.99. The Balaban J connectivity index is 2.83. The molecule has 2 rings (SSSR count). The van der Waals surface area contributed by atoms with E-state index in [0.29, 0.717) is 11.0 Å². The molecule has 0 saturated carbocycles. The zero-order chi connectivity index (χ0) is 11.0. The van der Waals surface area contributed by atoms with Crippen molar-refractivity contribution in [1.29, 1.82) is 5.41 Å². The minimum atomic E-state index is -1.16. The molecule has 0 aliphatic rings. The Bertz CT molecular complexity index is 603. The van der Waals surface area contributed by atoms with Gasteiger partial charge in [0.15, 0.2) is 0 Å². The summed E-state index contributed by atoms with van der Waals surface area (Å²) in [6.07, 6.45) is 0. The lowest BCUT2D eigenvalue weighted by molar-refractivity contribution is 0.0691. The van der Waals surface area contributed by atoms with E-state index in [2.05, 4.69) is 15.9 Å². The van der Waals surface area contributed by atoms with E-state index in [0.717, 1.165) is 4.47 Å². The summed E-state index contributed by atoms with van der Waals surface area (Å²) in [4.78, 5) is 10.8. The molecule has 0 fully saturated rings. The molecule has 0 amide bonds. The Morgan fingerprint density at radius 3 is 2.80 bits per heavy atom. The van der Waals surface area contributed by atoms with Gasteiger partial charge in [0.2, 0.25) is 5.55 Å². The van der Waals surface area contributed by atoms with Crippen LogP contribution in [-0.2, 0) is 0 Å². The molecule has 2 aromatic rings. The van der Waals surface area contributed by atoms with Crippen LogP contribution in [0.15, 0.2) is 33.2 Å². The number of rotatable bonds is 1. The topological polar surface area (TPSA) is 74.3 Å². The molecule has 2 N–H and O–H groups in total. The Morgan fingerprint density at radius 2 is 2.13 bits per heavy atom. The van der Waals surface area contributed by atoms with Crippen molar-refractivity contribution < 1.29 is 14.3 Å². The first-order valence-corrected chi connectivity index (χ1v) is 4.88. The zero-order valence-corrected chi connectivity index (χ0v) is 9.04. The van der Waals surface area contributed by atoms with Crippen LogP contribution in [0.25, 0.3) is 11.0 Å². The second-order valence-electron chi connectivity index (χ2n) is 2.98.